The Labute approximate surface area is 184 Å². The molecule has 0 radical (unpaired) electrons. The van der Waals surface area contributed by atoms with Crippen molar-refractivity contribution < 1.29 is 34.2 Å². The number of benzene rings is 1. The van der Waals surface area contributed by atoms with E-state index in [9.17, 15) is 34.2 Å². The molecule has 2 fully saturated rings. The maximum Gasteiger partial charge on any atom is 0.235 e. The highest BCUT2D eigenvalue weighted by Crippen LogP contribution is 2.50. The van der Waals surface area contributed by atoms with Gasteiger partial charge in [0.1, 0.15) is 5.75 Å². The molecule has 9 heteroatoms. The first-order chi connectivity index (χ1) is 15.0. The number of ketones is 4. The van der Waals surface area contributed by atoms with E-state index in [0.29, 0.717) is 12.1 Å². The van der Waals surface area contributed by atoms with E-state index in [1.165, 1.54) is 6.07 Å². The van der Waals surface area contributed by atoms with Crippen LogP contribution in [0.4, 0.5) is 0 Å². The van der Waals surface area contributed by atoms with Crippen molar-refractivity contribution in [3.05, 3.63) is 28.8 Å². The SMILES string of the molecule is CC(C)NCc1ccc(O)c2c1C[C@H]1C[C@H]3CC(=O)C(C(N)=O)C(=O)[C@@]3(O)C(=O)C1C2=O. The third kappa shape index (κ3) is 3.10. The smallest absolute Gasteiger partial charge is 0.235 e. The lowest BCUT2D eigenvalue weighted by molar-refractivity contribution is -0.175. The average molecular weight is 442 g/mol. The summed E-state index contributed by atoms with van der Waals surface area (Å²) in [4.78, 5) is 63.7. The average Bonchev–Trinajstić information content (AvgIpc) is 2.69. The number of nitrogens with two attached hydrogens (primary N) is 1. The second-order valence-electron chi connectivity index (χ2n) is 9.37. The Morgan fingerprint density at radius 2 is 1.88 bits per heavy atom. The molecule has 0 bridgehead atoms. The summed E-state index contributed by atoms with van der Waals surface area (Å²) < 4.78 is 0. The van der Waals surface area contributed by atoms with Crippen LogP contribution in [0.1, 0.15) is 48.2 Å². The zero-order chi connectivity index (χ0) is 23.5. The molecule has 1 aromatic carbocycles. The Morgan fingerprint density at radius 3 is 2.50 bits per heavy atom. The predicted octanol–water partition coefficient (Wildman–Crippen LogP) is -0.175. The standard InChI is InChI=1S/C23H26N2O7/c1-9(2)25-8-10-3-4-14(26)17-13(10)6-11-5-12-7-15(27)18(22(24)31)21(30)23(12,32)20(29)16(11)19(17)28/h3-4,9,11-12,16,18,25-26,32H,5-8H2,1-2H3,(H2,24,31)/t11-,12+,16?,18?,23+/m1/s1. The number of aromatic hydroxyl groups is 1. The van der Waals surface area contributed by atoms with E-state index >= 15 is 0 Å². The third-order valence-corrected chi connectivity index (χ3v) is 7.08. The molecule has 170 valence electrons. The quantitative estimate of drug-likeness (QED) is 0.467. The van der Waals surface area contributed by atoms with Crippen LogP contribution >= 0.6 is 0 Å². The summed E-state index contributed by atoms with van der Waals surface area (Å²) in [5.41, 5.74) is 4.03. The summed E-state index contributed by atoms with van der Waals surface area (Å²) in [5.74, 6) is -9.90. The fourth-order valence-corrected chi connectivity index (χ4v) is 5.51. The van der Waals surface area contributed by atoms with E-state index < -0.39 is 58.3 Å². The fraction of sp³-hybridized carbons (Fsp3) is 0.522. The number of aliphatic hydroxyl groups is 1. The summed E-state index contributed by atoms with van der Waals surface area (Å²) >= 11 is 0. The minimum absolute atomic E-state index is 0.0236. The number of carbonyl (C=O) groups is 5. The Hall–Kier alpha value is -2.91. The molecule has 5 atom stereocenters. The lowest BCUT2D eigenvalue weighted by atomic mass is 9.53. The minimum Gasteiger partial charge on any atom is -0.507 e. The first-order valence-corrected chi connectivity index (χ1v) is 10.7. The van der Waals surface area contributed by atoms with Gasteiger partial charge in [0.15, 0.2) is 34.7 Å². The number of nitrogens with one attached hydrogen (secondary N) is 1. The van der Waals surface area contributed by atoms with Gasteiger partial charge in [0.2, 0.25) is 5.91 Å². The third-order valence-electron chi connectivity index (χ3n) is 7.08. The second-order valence-corrected chi connectivity index (χ2v) is 9.37. The Morgan fingerprint density at radius 1 is 1.19 bits per heavy atom. The number of phenols is 1. The normalized spacial score (nSPS) is 31.9. The van der Waals surface area contributed by atoms with Gasteiger partial charge in [0, 0.05) is 24.9 Å². The molecule has 1 amide bonds. The molecule has 0 aliphatic heterocycles. The van der Waals surface area contributed by atoms with Crippen LogP contribution in [0.15, 0.2) is 12.1 Å². The van der Waals surface area contributed by atoms with E-state index in [2.05, 4.69) is 5.32 Å². The number of phenolic OH excluding ortho intramolecular Hbond substituents is 1. The highest BCUT2D eigenvalue weighted by Gasteiger charge is 2.66. The molecule has 32 heavy (non-hydrogen) atoms. The van der Waals surface area contributed by atoms with Gasteiger partial charge >= 0.3 is 0 Å². The first-order valence-electron chi connectivity index (χ1n) is 10.7. The zero-order valence-electron chi connectivity index (χ0n) is 17.9. The highest BCUT2D eigenvalue weighted by atomic mass is 16.3. The highest BCUT2D eigenvalue weighted by molar-refractivity contribution is 6.31. The van der Waals surface area contributed by atoms with E-state index in [1.54, 1.807) is 6.07 Å². The lowest BCUT2D eigenvalue weighted by Crippen LogP contribution is -2.68. The molecule has 3 aliphatic carbocycles. The molecular weight excluding hydrogens is 416 g/mol. The molecule has 0 spiro atoms. The number of fused-ring (bicyclic) bond motifs is 3. The second kappa shape index (κ2) is 7.60. The molecule has 1 aromatic rings. The van der Waals surface area contributed by atoms with Crippen molar-refractivity contribution in [3.8, 4) is 5.75 Å². The van der Waals surface area contributed by atoms with Crippen molar-refractivity contribution in [1.82, 2.24) is 5.32 Å². The van der Waals surface area contributed by atoms with Crippen LogP contribution in [0.2, 0.25) is 0 Å². The van der Waals surface area contributed by atoms with Crippen LogP contribution in [0.3, 0.4) is 0 Å². The summed E-state index contributed by atoms with van der Waals surface area (Å²) in [6.45, 7) is 4.42. The molecule has 3 aliphatic rings. The van der Waals surface area contributed by atoms with Crippen molar-refractivity contribution in [2.45, 2.75) is 51.3 Å². The molecule has 5 N–H and O–H groups in total. The number of hydrogen-bond donors (Lipinski definition) is 4. The molecule has 0 aromatic heterocycles. The van der Waals surface area contributed by atoms with Crippen LogP contribution in [0.5, 0.6) is 5.75 Å². The number of rotatable bonds is 4. The van der Waals surface area contributed by atoms with Crippen LogP contribution < -0.4 is 11.1 Å². The van der Waals surface area contributed by atoms with Crippen LogP contribution in [0.25, 0.3) is 0 Å². The largest absolute Gasteiger partial charge is 0.507 e. The van der Waals surface area contributed by atoms with E-state index in [-0.39, 0.29) is 36.6 Å². The van der Waals surface area contributed by atoms with E-state index in [1.807, 2.05) is 13.8 Å². The minimum atomic E-state index is -2.62. The maximum absolute atomic E-state index is 13.4. The van der Waals surface area contributed by atoms with Crippen LogP contribution in [0, 0.1) is 23.7 Å². The van der Waals surface area contributed by atoms with Gasteiger partial charge in [0.25, 0.3) is 0 Å². The first kappa shape index (κ1) is 22.3. The Bertz CT molecular complexity index is 1060. The summed E-state index contributed by atoms with van der Waals surface area (Å²) in [6.07, 6.45) is 0.0383. The van der Waals surface area contributed by atoms with Crippen molar-refractivity contribution in [3.63, 3.8) is 0 Å². The molecule has 2 unspecified atom stereocenters. The van der Waals surface area contributed by atoms with Crippen molar-refractivity contribution in [1.29, 1.82) is 0 Å². The monoisotopic (exact) mass is 442 g/mol. The molecular formula is C23H26N2O7. The molecule has 9 nitrogen and oxygen atoms in total. The predicted molar refractivity (Wildman–Crippen MR) is 110 cm³/mol. The van der Waals surface area contributed by atoms with Gasteiger partial charge in [0.05, 0.1) is 11.5 Å². The molecule has 0 saturated heterocycles. The van der Waals surface area contributed by atoms with Crippen molar-refractivity contribution in [2.24, 2.45) is 29.4 Å². The zero-order valence-corrected chi connectivity index (χ0v) is 17.9. The van der Waals surface area contributed by atoms with Gasteiger partial charge in [-0.25, -0.2) is 0 Å². The van der Waals surface area contributed by atoms with Gasteiger partial charge in [-0.15, -0.1) is 0 Å². The van der Waals surface area contributed by atoms with E-state index in [0.717, 1.165) is 5.56 Å². The van der Waals surface area contributed by atoms with Gasteiger partial charge in [-0.2, -0.15) is 0 Å². The van der Waals surface area contributed by atoms with Crippen molar-refractivity contribution >= 4 is 29.0 Å². The van der Waals surface area contributed by atoms with Gasteiger partial charge in [-0.3, -0.25) is 24.0 Å². The number of hydrogen-bond acceptors (Lipinski definition) is 8. The van der Waals surface area contributed by atoms with Gasteiger partial charge < -0.3 is 21.3 Å². The fourth-order valence-electron chi connectivity index (χ4n) is 5.51. The summed E-state index contributed by atoms with van der Waals surface area (Å²) in [6, 6.07) is 3.31. The summed E-state index contributed by atoms with van der Waals surface area (Å²) in [7, 11) is 0. The number of amides is 1. The molecule has 0 heterocycles. The maximum atomic E-state index is 13.4. The Kier molecular flexibility index (Phi) is 5.29. The van der Waals surface area contributed by atoms with Gasteiger partial charge in [-0.05, 0) is 36.0 Å². The van der Waals surface area contributed by atoms with Crippen LogP contribution in [-0.4, -0.2) is 50.9 Å². The Balaban J connectivity index is 1.76. The lowest BCUT2D eigenvalue weighted by Gasteiger charge is -2.48. The number of primary amides is 1. The van der Waals surface area contributed by atoms with E-state index in [4.69, 9.17) is 5.73 Å². The summed E-state index contributed by atoms with van der Waals surface area (Å²) in [5, 5.41) is 24.8. The topological polar surface area (TPSA) is 164 Å². The van der Waals surface area contributed by atoms with Crippen molar-refractivity contribution in [2.75, 3.05) is 0 Å². The van der Waals surface area contributed by atoms with Gasteiger partial charge in [-0.1, -0.05) is 19.9 Å². The number of carbonyl (C=O) groups excluding carboxylic acids is 5. The molecule has 2 saturated carbocycles. The number of Topliss-reactive ketones (excluding diaryl/α,β-unsaturated/α-hetero) is 4. The van der Waals surface area contributed by atoms with Crippen LogP contribution in [-0.2, 0) is 32.1 Å². The molecule has 4 rings (SSSR count).